The Kier molecular flexibility index (Phi) is 5.74. The van der Waals surface area contributed by atoms with Gasteiger partial charge in [0.15, 0.2) is 12.3 Å². The molecule has 0 unspecified atom stereocenters. The number of rotatable bonds is 6. The first-order valence-corrected chi connectivity index (χ1v) is 9.76. The molecular formula is C21H21FN2O3S. The van der Waals surface area contributed by atoms with Gasteiger partial charge in [-0.05, 0) is 58.0 Å². The summed E-state index contributed by atoms with van der Waals surface area (Å²) >= 11 is 1.26. The number of carbonyl (C=O) groups is 2. The number of esters is 1. The van der Waals surface area contributed by atoms with Crippen LogP contribution >= 0.6 is 11.3 Å². The van der Waals surface area contributed by atoms with E-state index in [1.807, 2.05) is 19.9 Å². The lowest BCUT2D eigenvalue weighted by molar-refractivity contribution is 0.0469. The molecule has 0 bridgehead atoms. The molecule has 2 aromatic heterocycles. The van der Waals surface area contributed by atoms with Gasteiger partial charge < -0.3 is 9.30 Å². The maximum absolute atomic E-state index is 13.0. The zero-order valence-electron chi connectivity index (χ0n) is 16.2. The Labute approximate surface area is 166 Å². The second kappa shape index (κ2) is 8.06. The van der Waals surface area contributed by atoms with Crippen LogP contribution in [0.5, 0.6) is 0 Å². The van der Waals surface area contributed by atoms with Gasteiger partial charge >= 0.3 is 5.97 Å². The van der Waals surface area contributed by atoms with Crippen molar-refractivity contribution in [1.29, 1.82) is 0 Å². The van der Waals surface area contributed by atoms with Crippen molar-refractivity contribution in [2.45, 2.75) is 33.7 Å². The smallest absolute Gasteiger partial charge is 0.358 e. The van der Waals surface area contributed by atoms with Crippen molar-refractivity contribution in [2.24, 2.45) is 0 Å². The molecule has 0 saturated carbocycles. The molecule has 0 aliphatic heterocycles. The number of hydrogen-bond acceptors (Lipinski definition) is 5. The molecule has 0 radical (unpaired) electrons. The molecule has 0 saturated heterocycles. The van der Waals surface area contributed by atoms with Gasteiger partial charge in [-0.3, -0.25) is 4.79 Å². The summed E-state index contributed by atoms with van der Waals surface area (Å²) in [5.74, 6) is -1.24. The number of halogens is 1. The molecule has 5 nitrogen and oxygen atoms in total. The molecule has 146 valence electrons. The predicted octanol–water partition coefficient (Wildman–Crippen LogP) is 4.99. The lowest BCUT2D eigenvalue weighted by atomic mass is 10.1. The molecule has 0 N–H and O–H groups in total. The fraction of sp³-hybridized carbons (Fsp3) is 0.286. The largest absolute Gasteiger partial charge is 0.453 e. The van der Waals surface area contributed by atoms with Crippen molar-refractivity contribution < 1.29 is 18.7 Å². The molecule has 0 amide bonds. The maximum Gasteiger partial charge on any atom is 0.358 e. The van der Waals surface area contributed by atoms with Crippen molar-refractivity contribution in [1.82, 2.24) is 9.55 Å². The van der Waals surface area contributed by atoms with E-state index in [2.05, 4.69) is 23.4 Å². The highest BCUT2D eigenvalue weighted by Gasteiger charge is 2.20. The van der Waals surface area contributed by atoms with Crippen LogP contribution < -0.4 is 0 Å². The van der Waals surface area contributed by atoms with E-state index >= 15 is 0 Å². The number of carbonyl (C=O) groups excluding carboxylic acids is 2. The van der Waals surface area contributed by atoms with Crippen LogP contribution in [0.25, 0.3) is 10.6 Å². The molecule has 2 heterocycles. The topological polar surface area (TPSA) is 61.2 Å². The first-order valence-electron chi connectivity index (χ1n) is 8.88. The Morgan fingerprint density at radius 2 is 1.89 bits per heavy atom. The van der Waals surface area contributed by atoms with E-state index < -0.39 is 5.97 Å². The second-order valence-corrected chi connectivity index (χ2v) is 7.65. The van der Waals surface area contributed by atoms with Gasteiger partial charge in [0, 0.05) is 33.9 Å². The summed E-state index contributed by atoms with van der Waals surface area (Å²) < 4.78 is 20.3. The van der Waals surface area contributed by atoms with Gasteiger partial charge in [-0.15, -0.1) is 11.3 Å². The van der Waals surface area contributed by atoms with Crippen molar-refractivity contribution in [3.63, 3.8) is 0 Å². The number of Topliss-reactive ketones (excluding diaryl/α,β-unsaturated/α-hetero) is 1. The van der Waals surface area contributed by atoms with Crippen molar-refractivity contribution in [3.05, 3.63) is 64.2 Å². The number of thiazole rings is 1. The number of aryl methyl sites for hydroxylation is 1. The highest BCUT2D eigenvalue weighted by atomic mass is 32.1. The molecular weight excluding hydrogens is 379 g/mol. The third kappa shape index (κ3) is 4.04. The quantitative estimate of drug-likeness (QED) is 0.432. The zero-order chi connectivity index (χ0) is 20.4. The lowest BCUT2D eigenvalue weighted by Crippen LogP contribution is -2.15. The van der Waals surface area contributed by atoms with Gasteiger partial charge in [0.05, 0.1) is 0 Å². The summed E-state index contributed by atoms with van der Waals surface area (Å²) in [5, 5.41) is 2.15. The molecule has 0 fully saturated rings. The Morgan fingerprint density at radius 1 is 1.21 bits per heavy atom. The third-order valence-corrected chi connectivity index (χ3v) is 5.33. The van der Waals surface area contributed by atoms with Crippen LogP contribution in [0.4, 0.5) is 4.39 Å². The predicted molar refractivity (Wildman–Crippen MR) is 106 cm³/mol. The highest BCUT2D eigenvalue weighted by Crippen LogP contribution is 2.24. The first-order chi connectivity index (χ1) is 13.3. The van der Waals surface area contributed by atoms with Crippen LogP contribution in [0.1, 0.15) is 52.1 Å². The number of nitrogens with zero attached hydrogens (tertiary/aromatic N) is 2. The van der Waals surface area contributed by atoms with Crippen LogP contribution in [0.3, 0.4) is 0 Å². The number of benzene rings is 1. The molecule has 0 spiro atoms. The third-order valence-electron chi connectivity index (χ3n) is 4.44. The van der Waals surface area contributed by atoms with Gasteiger partial charge in [0.1, 0.15) is 10.8 Å². The van der Waals surface area contributed by atoms with Gasteiger partial charge in [-0.25, -0.2) is 14.2 Å². The summed E-state index contributed by atoms with van der Waals surface area (Å²) in [6.45, 7) is 7.59. The van der Waals surface area contributed by atoms with Gasteiger partial charge in [0.2, 0.25) is 5.78 Å². The molecule has 1 aromatic carbocycles. The summed E-state index contributed by atoms with van der Waals surface area (Å²) in [4.78, 5) is 29.0. The molecule has 28 heavy (non-hydrogen) atoms. The van der Waals surface area contributed by atoms with Gasteiger partial charge in [-0.1, -0.05) is 0 Å². The van der Waals surface area contributed by atoms with Gasteiger partial charge in [0.25, 0.3) is 0 Å². The minimum absolute atomic E-state index is 0.129. The fourth-order valence-corrected chi connectivity index (χ4v) is 4.02. The minimum Gasteiger partial charge on any atom is -0.453 e. The average molecular weight is 400 g/mol. The molecule has 3 aromatic rings. The molecule has 7 heteroatoms. The number of ketones is 1. The second-order valence-electron chi connectivity index (χ2n) is 6.79. The van der Waals surface area contributed by atoms with Crippen molar-refractivity contribution in [2.75, 3.05) is 6.61 Å². The Hall–Kier alpha value is -2.80. The SMILES string of the molecule is Cc1cc(C(=O)COC(=O)c2csc(-c3ccc(F)cc3)n2)c(C)n1C(C)C. The standard InChI is InChI=1S/C21H21FN2O3S/c1-12(2)24-13(3)9-17(14(24)4)19(25)10-27-21(26)18-11-28-20(23-18)15-5-7-16(22)8-6-15/h5-9,11-12H,10H2,1-4H3. The van der Waals surface area contributed by atoms with E-state index in [0.29, 0.717) is 16.1 Å². The summed E-state index contributed by atoms with van der Waals surface area (Å²) in [7, 11) is 0. The lowest BCUT2D eigenvalue weighted by Gasteiger charge is -2.13. The van der Waals surface area contributed by atoms with E-state index in [4.69, 9.17) is 4.74 Å². The monoisotopic (exact) mass is 400 g/mol. The van der Waals surface area contributed by atoms with E-state index in [0.717, 1.165) is 11.4 Å². The van der Waals surface area contributed by atoms with Crippen LogP contribution in [0.15, 0.2) is 35.7 Å². The number of aromatic nitrogens is 2. The van der Waals surface area contributed by atoms with Crippen LogP contribution in [0, 0.1) is 19.7 Å². The molecule has 3 rings (SSSR count). The Bertz CT molecular complexity index is 1020. The molecule has 0 aliphatic carbocycles. The van der Waals surface area contributed by atoms with Crippen molar-refractivity contribution in [3.8, 4) is 10.6 Å². The van der Waals surface area contributed by atoms with Gasteiger partial charge in [-0.2, -0.15) is 0 Å². The Balaban J connectivity index is 1.67. The first kappa shape index (κ1) is 19.9. The minimum atomic E-state index is -0.657. The highest BCUT2D eigenvalue weighted by molar-refractivity contribution is 7.13. The van der Waals surface area contributed by atoms with E-state index in [1.165, 1.54) is 23.5 Å². The maximum atomic E-state index is 13.0. The van der Waals surface area contributed by atoms with Crippen LogP contribution in [-0.4, -0.2) is 27.9 Å². The summed E-state index contributed by atoms with van der Waals surface area (Å²) in [6.07, 6.45) is 0. The molecule has 0 aliphatic rings. The van der Waals surface area contributed by atoms with Crippen LogP contribution in [-0.2, 0) is 4.74 Å². The van der Waals surface area contributed by atoms with Crippen molar-refractivity contribution >= 4 is 23.1 Å². The number of ether oxygens (including phenoxy) is 1. The number of hydrogen-bond donors (Lipinski definition) is 0. The van der Waals surface area contributed by atoms with E-state index in [9.17, 15) is 14.0 Å². The van der Waals surface area contributed by atoms with E-state index in [-0.39, 0.29) is 29.9 Å². The summed E-state index contributed by atoms with van der Waals surface area (Å²) in [6, 6.07) is 7.92. The zero-order valence-corrected chi connectivity index (χ0v) is 17.0. The van der Waals surface area contributed by atoms with E-state index in [1.54, 1.807) is 17.5 Å². The normalized spacial score (nSPS) is 11.1. The average Bonchev–Trinajstić information content (AvgIpc) is 3.25. The Morgan fingerprint density at radius 3 is 2.50 bits per heavy atom. The molecule has 0 atom stereocenters. The summed E-state index contributed by atoms with van der Waals surface area (Å²) in [5.41, 5.74) is 3.25. The fourth-order valence-electron chi connectivity index (χ4n) is 3.23. The van der Waals surface area contributed by atoms with Crippen LogP contribution in [0.2, 0.25) is 0 Å².